The van der Waals surface area contributed by atoms with Gasteiger partial charge in [0.2, 0.25) is 11.8 Å². The van der Waals surface area contributed by atoms with Crippen molar-refractivity contribution in [2.45, 2.75) is 129 Å². The number of nitrogens with zero attached hydrogens (tertiary/aromatic N) is 1. The van der Waals surface area contributed by atoms with E-state index in [1.807, 2.05) is 0 Å². The highest BCUT2D eigenvalue weighted by Gasteiger charge is 2.36. The van der Waals surface area contributed by atoms with Crippen LogP contribution in [-0.4, -0.2) is 57.9 Å². The molecule has 3 amide bonds. The SMILES string of the molecule is CCCCCCCCN(C(=O)C(CS)NC(=O)OC(C)(C)C)C(C(=O)NC1CCCCC1)c1ccc(O)c(C)c1. The second-order valence-electron chi connectivity index (χ2n) is 12.0. The summed E-state index contributed by atoms with van der Waals surface area (Å²) in [5, 5.41) is 16.1. The lowest BCUT2D eigenvalue weighted by atomic mass is 9.94. The molecule has 8 nitrogen and oxygen atoms in total. The first kappa shape index (κ1) is 33.8. The van der Waals surface area contributed by atoms with Gasteiger partial charge in [-0.05, 0) is 70.2 Å². The Hall–Kier alpha value is -2.42. The molecule has 9 heteroatoms. The minimum Gasteiger partial charge on any atom is -0.508 e. The molecule has 0 bridgehead atoms. The predicted molar refractivity (Wildman–Crippen MR) is 163 cm³/mol. The van der Waals surface area contributed by atoms with Gasteiger partial charge >= 0.3 is 6.09 Å². The van der Waals surface area contributed by atoms with Crippen molar-refractivity contribution in [1.29, 1.82) is 0 Å². The average molecular weight is 578 g/mol. The van der Waals surface area contributed by atoms with Crippen molar-refractivity contribution < 1.29 is 24.2 Å². The number of carbonyl (C=O) groups is 3. The molecule has 0 radical (unpaired) electrons. The molecular weight excluding hydrogens is 526 g/mol. The van der Waals surface area contributed by atoms with Crippen LogP contribution in [0.15, 0.2) is 18.2 Å². The van der Waals surface area contributed by atoms with Crippen LogP contribution in [0.5, 0.6) is 5.75 Å². The van der Waals surface area contributed by atoms with Crippen LogP contribution in [0.25, 0.3) is 0 Å². The fourth-order valence-electron chi connectivity index (χ4n) is 5.11. The summed E-state index contributed by atoms with van der Waals surface area (Å²) in [5.74, 6) is -0.448. The third-order valence-corrected chi connectivity index (χ3v) is 7.62. The molecule has 0 heterocycles. The van der Waals surface area contributed by atoms with Gasteiger partial charge in [-0.3, -0.25) is 9.59 Å². The molecule has 1 aromatic rings. The summed E-state index contributed by atoms with van der Waals surface area (Å²) >= 11 is 4.38. The summed E-state index contributed by atoms with van der Waals surface area (Å²) in [6, 6.07) is 3.21. The number of aryl methyl sites for hydroxylation is 1. The van der Waals surface area contributed by atoms with Gasteiger partial charge < -0.3 is 25.4 Å². The van der Waals surface area contributed by atoms with E-state index < -0.39 is 23.8 Å². The molecule has 1 saturated carbocycles. The van der Waals surface area contributed by atoms with Gasteiger partial charge in [0.25, 0.3) is 0 Å². The van der Waals surface area contributed by atoms with Gasteiger partial charge in [0.1, 0.15) is 23.4 Å². The third kappa shape index (κ3) is 11.2. The third-order valence-electron chi connectivity index (χ3n) is 7.26. The van der Waals surface area contributed by atoms with Crippen molar-refractivity contribution in [2.75, 3.05) is 12.3 Å². The van der Waals surface area contributed by atoms with E-state index in [9.17, 15) is 19.5 Å². The molecule has 226 valence electrons. The molecule has 2 rings (SSSR count). The number of benzene rings is 1. The second-order valence-corrected chi connectivity index (χ2v) is 12.3. The molecule has 0 spiro atoms. The fourth-order valence-corrected chi connectivity index (χ4v) is 5.36. The summed E-state index contributed by atoms with van der Waals surface area (Å²) in [6.45, 7) is 9.57. The van der Waals surface area contributed by atoms with Crippen molar-refractivity contribution in [3.8, 4) is 5.75 Å². The van der Waals surface area contributed by atoms with E-state index in [1.165, 1.54) is 6.42 Å². The highest BCUT2D eigenvalue weighted by molar-refractivity contribution is 7.80. The van der Waals surface area contributed by atoms with Crippen molar-refractivity contribution in [3.05, 3.63) is 29.3 Å². The van der Waals surface area contributed by atoms with E-state index >= 15 is 0 Å². The van der Waals surface area contributed by atoms with Crippen LogP contribution in [0.2, 0.25) is 0 Å². The van der Waals surface area contributed by atoms with Crippen molar-refractivity contribution >= 4 is 30.5 Å². The number of nitrogens with one attached hydrogen (secondary N) is 2. The van der Waals surface area contributed by atoms with Crippen LogP contribution in [0.3, 0.4) is 0 Å². The molecule has 2 unspecified atom stereocenters. The zero-order valence-corrected chi connectivity index (χ0v) is 26.0. The van der Waals surface area contributed by atoms with E-state index in [-0.39, 0.29) is 29.4 Å². The Kier molecular flexibility index (Phi) is 14.1. The number of carbonyl (C=O) groups excluding carboxylic acids is 3. The van der Waals surface area contributed by atoms with E-state index in [0.717, 1.165) is 64.2 Å². The van der Waals surface area contributed by atoms with Gasteiger partial charge in [0.15, 0.2) is 0 Å². The minimum atomic E-state index is -0.971. The van der Waals surface area contributed by atoms with Crippen LogP contribution < -0.4 is 10.6 Å². The molecule has 40 heavy (non-hydrogen) atoms. The predicted octanol–water partition coefficient (Wildman–Crippen LogP) is 6.20. The lowest BCUT2D eigenvalue weighted by Crippen LogP contribution is -2.54. The number of ether oxygens (including phenoxy) is 1. The Bertz CT molecular complexity index is 959. The first-order valence-corrected chi connectivity index (χ1v) is 15.6. The van der Waals surface area contributed by atoms with Gasteiger partial charge in [-0.1, -0.05) is 64.4 Å². The molecule has 0 aliphatic heterocycles. The van der Waals surface area contributed by atoms with Gasteiger partial charge in [-0.2, -0.15) is 12.6 Å². The summed E-state index contributed by atoms with van der Waals surface area (Å²) in [4.78, 5) is 42.2. The van der Waals surface area contributed by atoms with Crippen LogP contribution in [-0.2, 0) is 14.3 Å². The fraction of sp³-hybridized carbons (Fsp3) is 0.710. The Balaban J connectivity index is 2.40. The topological polar surface area (TPSA) is 108 Å². The molecule has 0 saturated heterocycles. The van der Waals surface area contributed by atoms with Crippen molar-refractivity contribution in [2.24, 2.45) is 0 Å². The number of phenols is 1. The number of unbranched alkanes of at least 4 members (excludes halogenated alkanes) is 5. The maximum absolute atomic E-state index is 14.1. The maximum Gasteiger partial charge on any atom is 0.408 e. The van der Waals surface area contributed by atoms with E-state index in [2.05, 4.69) is 30.2 Å². The molecule has 3 N–H and O–H groups in total. The molecule has 2 atom stereocenters. The summed E-state index contributed by atoms with van der Waals surface area (Å²) in [5.41, 5.74) is 0.522. The number of rotatable bonds is 14. The quantitative estimate of drug-likeness (QED) is 0.155. The van der Waals surface area contributed by atoms with E-state index in [1.54, 1.807) is 50.8 Å². The number of hydrogen-bond donors (Lipinski definition) is 4. The Morgan fingerprint density at radius 3 is 2.33 bits per heavy atom. The monoisotopic (exact) mass is 577 g/mol. The van der Waals surface area contributed by atoms with Gasteiger partial charge in [-0.15, -0.1) is 0 Å². The largest absolute Gasteiger partial charge is 0.508 e. The molecular formula is C31H51N3O5S. The molecule has 1 aliphatic carbocycles. The number of aromatic hydroxyl groups is 1. The second kappa shape index (κ2) is 16.7. The number of thiol groups is 1. The van der Waals surface area contributed by atoms with Crippen LogP contribution in [0, 0.1) is 6.92 Å². The molecule has 1 aliphatic rings. The zero-order chi connectivity index (χ0) is 29.7. The maximum atomic E-state index is 14.1. The number of amides is 3. The van der Waals surface area contributed by atoms with Crippen molar-refractivity contribution in [3.63, 3.8) is 0 Å². The molecule has 1 fully saturated rings. The van der Waals surface area contributed by atoms with Gasteiger partial charge in [-0.25, -0.2) is 4.79 Å². The van der Waals surface area contributed by atoms with Crippen LogP contribution in [0.1, 0.15) is 115 Å². The first-order chi connectivity index (χ1) is 19.0. The summed E-state index contributed by atoms with van der Waals surface area (Å²) in [7, 11) is 0. The smallest absolute Gasteiger partial charge is 0.408 e. The molecule has 1 aromatic carbocycles. The number of hydrogen-bond acceptors (Lipinski definition) is 6. The van der Waals surface area contributed by atoms with E-state index in [0.29, 0.717) is 17.7 Å². The van der Waals surface area contributed by atoms with Crippen LogP contribution >= 0.6 is 12.6 Å². The van der Waals surface area contributed by atoms with Crippen LogP contribution in [0.4, 0.5) is 4.79 Å². The van der Waals surface area contributed by atoms with Gasteiger partial charge in [0.05, 0.1) is 0 Å². The van der Waals surface area contributed by atoms with Gasteiger partial charge in [0, 0.05) is 18.3 Å². The number of phenolic OH excluding ortho intramolecular Hbond substituents is 1. The standard InChI is InChI=1S/C31H51N3O5S/c1-6-7-8-9-10-14-19-34(29(37)25(21-40)33-30(38)39-31(3,4)5)27(23-17-18-26(35)22(2)20-23)28(36)32-24-15-12-11-13-16-24/h17-18,20,24-25,27,35,40H,6-16,19,21H2,1-5H3,(H,32,36)(H,33,38). The zero-order valence-electron chi connectivity index (χ0n) is 25.1. The highest BCUT2D eigenvalue weighted by Crippen LogP contribution is 2.29. The normalized spacial score (nSPS) is 15.7. The Morgan fingerprint density at radius 2 is 1.73 bits per heavy atom. The lowest BCUT2D eigenvalue weighted by Gasteiger charge is -2.35. The summed E-state index contributed by atoms with van der Waals surface area (Å²) in [6.07, 6.45) is 10.6. The average Bonchev–Trinajstić information content (AvgIpc) is 2.89. The summed E-state index contributed by atoms with van der Waals surface area (Å²) < 4.78 is 5.40. The van der Waals surface area contributed by atoms with E-state index in [4.69, 9.17) is 4.74 Å². The Morgan fingerprint density at radius 1 is 1.07 bits per heavy atom. The Labute approximate surface area is 246 Å². The first-order valence-electron chi connectivity index (χ1n) is 15.0. The minimum absolute atomic E-state index is 0.0522. The molecule has 0 aromatic heterocycles. The van der Waals surface area contributed by atoms with Crippen molar-refractivity contribution in [1.82, 2.24) is 15.5 Å². The highest BCUT2D eigenvalue weighted by atomic mass is 32.1. The number of alkyl carbamates (subject to hydrolysis) is 1. The lowest BCUT2D eigenvalue weighted by molar-refractivity contribution is -0.142.